The van der Waals surface area contributed by atoms with Gasteiger partial charge in [0.15, 0.2) is 8.81 Å². The number of halogens is 1. The van der Waals surface area contributed by atoms with Gasteiger partial charge in [-0.05, 0) is 36.4 Å². The summed E-state index contributed by atoms with van der Waals surface area (Å²) in [6.07, 6.45) is 1.80. The Morgan fingerprint density at radius 1 is 1.04 bits per heavy atom. The molecule has 0 radical (unpaired) electrons. The Bertz CT molecular complexity index is 930. The van der Waals surface area contributed by atoms with Gasteiger partial charge in [-0.2, -0.15) is 0 Å². The summed E-state index contributed by atoms with van der Waals surface area (Å²) in [5, 5.41) is 3.38. The van der Waals surface area contributed by atoms with E-state index in [1.165, 1.54) is 20.9 Å². The first-order valence-corrected chi connectivity index (χ1v) is 10.1. The van der Waals surface area contributed by atoms with Crippen LogP contribution in [0, 0.1) is 0 Å². The van der Waals surface area contributed by atoms with Crippen LogP contribution in [0.1, 0.15) is 4.88 Å². The Morgan fingerprint density at radius 3 is 2.62 bits per heavy atom. The first-order chi connectivity index (χ1) is 11.8. The summed E-state index contributed by atoms with van der Waals surface area (Å²) in [6, 6.07) is 16.6. The molecule has 7 heteroatoms. The lowest BCUT2D eigenvalue weighted by Crippen LogP contribution is -1.96. The van der Waals surface area contributed by atoms with Crippen molar-refractivity contribution in [1.29, 1.82) is 0 Å². The molecule has 0 aliphatic heterocycles. The van der Waals surface area contributed by atoms with E-state index in [-0.39, 0.29) is 0 Å². The van der Waals surface area contributed by atoms with E-state index in [0.717, 1.165) is 27.0 Å². The number of benzene rings is 2. The van der Waals surface area contributed by atoms with Crippen LogP contribution >= 0.6 is 46.0 Å². The molecule has 0 aliphatic carbocycles. The van der Waals surface area contributed by atoms with E-state index in [1.54, 1.807) is 29.3 Å². The van der Waals surface area contributed by atoms with Crippen molar-refractivity contribution in [2.45, 2.75) is 15.8 Å². The van der Waals surface area contributed by atoms with Crippen LogP contribution < -0.4 is 5.32 Å². The van der Waals surface area contributed by atoms with Gasteiger partial charge in [-0.3, -0.25) is 0 Å². The molecule has 0 saturated heterocycles. The standard InChI is InChI=1S/C17H12ClN3S3/c18-16-20-10-13(22-16)9-19-11-5-7-12(8-6-11)23-17-21-14-3-1-2-4-15(14)24-17/h1-8,10,19H,9H2. The average molecular weight is 390 g/mol. The average Bonchev–Trinajstić information content (AvgIpc) is 3.19. The Kier molecular flexibility index (Phi) is 4.71. The lowest BCUT2D eigenvalue weighted by Gasteiger charge is -2.05. The van der Waals surface area contributed by atoms with Gasteiger partial charge in [-0.1, -0.05) is 35.5 Å². The van der Waals surface area contributed by atoms with Gasteiger partial charge < -0.3 is 5.32 Å². The fraction of sp³-hybridized carbons (Fsp3) is 0.0588. The predicted molar refractivity (Wildman–Crippen MR) is 105 cm³/mol. The zero-order valence-corrected chi connectivity index (χ0v) is 15.6. The number of fused-ring (bicyclic) bond motifs is 1. The van der Waals surface area contributed by atoms with E-state index in [4.69, 9.17) is 11.6 Å². The molecule has 0 unspecified atom stereocenters. The molecule has 2 aromatic heterocycles. The van der Waals surface area contributed by atoms with Crippen LogP contribution in [-0.4, -0.2) is 9.97 Å². The Balaban J connectivity index is 1.41. The van der Waals surface area contributed by atoms with Gasteiger partial charge in [-0.25, -0.2) is 9.97 Å². The minimum absolute atomic E-state index is 0.578. The number of nitrogens with one attached hydrogen (secondary N) is 1. The molecule has 0 amide bonds. The monoisotopic (exact) mass is 389 g/mol. The molecule has 2 heterocycles. The lowest BCUT2D eigenvalue weighted by molar-refractivity contribution is 1.17. The van der Waals surface area contributed by atoms with Crippen LogP contribution in [0.3, 0.4) is 0 Å². The van der Waals surface area contributed by atoms with Crippen LogP contribution in [0.4, 0.5) is 5.69 Å². The smallest absolute Gasteiger partial charge is 0.183 e. The summed E-state index contributed by atoms with van der Waals surface area (Å²) < 4.78 is 2.87. The zero-order valence-electron chi connectivity index (χ0n) is 12.4. The maximum Gasteiger partial charge on any atom is 0.183 e. The van der Waals surface area contributed by atoms with Crippen molar-refractivity contribution in [2.75, 3.05) is 5.32 Å². The summed E-state index contributed by atoms with van der Waals surface area (Å²) >= 11 is 10.8. The van der Waals surface area contributed by atoms with Crippen LogP contribution in [0.5, 0.6) is 0 Å². The highest BCUT2D eigenvalue weighted by molar-refractivity contribution is 8.01. The van der Waals surface area contributed by atoms with E-state index in [9.17, 15) is 0 Å². The number of anilines is 1. The van der Waals surface area contributed by atoms with E-state index < -0.39 is 0 Å². The molecular formula is C17H12ClN3S3. The first kappa shape index (κ1) is 15.9. The van der Waals surface area contributed by atoms with Gasteiger partial charge in [0.2, 0.25) is 0 Å². The van der Waals surface area contributed by atoms with Crippen molar-refractivity contribution in [3.63, 3.8) is 0 Å². The van der Waals surface area contributed by atoms with Crippen LogP contribution in [0.2, 0.25) is 4.47 Å². The van der Waals surface area contributed by atoms with Gasteiger partial charge in [-0.15, -0.1) is 22.7 Å². The lowest BCUT2D eigenvalue weighted by atomic mass is 10.3. The van der Waals surface area contributed by atoms with Crippen LogP contribution in [0.15, 0.2) is 64.0 Å². The molecule has 4 rings (SSSR count). The molecule has 120 valence electrons. The fourth-order valence-electron chi connectivity index (χ4n) is 2.19. The van der Waals surface area contributed by atoms with Crippen molar-refractivity contribution < 1.29 is 0 Å². The van der Waals surface area contributed by atoms with Crippen molar-refractivity contribution in [2.24, 2.45) is 0 Å². The maximum atomic E-state index is 5.84. The third-order valence-corrected chi connectivity index (χ3v) is 6.55. The molecule has 0 fully saturated rings. The van der Waals surface area contributed by atoms with Crippen LogP contribution in [-0.2, 0) is 6.54 Å². The summed E-state index contributed by atoms with van der Waals surface area (Å²) in [6.45, 7) is 0.731. The highest BCUT2D eigenvalue weighted by Crippen LogP contribution is 2.34. The van der Waals surface area contributed by atoms with E-state index >= 15 is 0 Å². The van der Waals surface area contributed by atoms with Crippen molar-refractivity contribution in [3.05, 3.63) is 64.1 Å². The number of hydrogen-bond donors (Lipinski definition) is 1. The summed E-state index contributed by atoms with van der Waals surface area (Å²) in [5.74, 6) is 0. The number of aromatic nitrogens is 2. The van der Waals surface area contributed by atoms with E-state index in [0.29, 0.717) is 4.47 Å². The van der Waals surface area contributed by atoms with Crippen molar-refractivity contribution in [1.82, 2.24) is 9.97 Å². The van der Waals surface area contributed by atoms with Gasteiger partial charge >= 0.3 is 0 Å². The Morgan fingerprint density at radius 2 is 1.88 bits per heavy atom. The summed E-state index contributed by atoms with van der Waals surface area (Å²) in [4.78, 5) is 11.0. The predicted octanol–water partition coefficient (Wildman–Crippen LogP) is 6.17. The topological polar surface area (TPSA) is 37.8 Å². The van der Waals surface area contributed by atoms with Gasteiger partial charge in [0.05, 0.1) is 16.8 Å². The molecule has 2 aromatic carbocycles. The zero-order chi connectivity index (χ0) is 16.4. The summed E-state index contributed by atoms with van der Waals surface area (Å²) in [5.41, 5.74) is 2.14. The molecule has 24 heavy (non-hydrogen) atoms. The molecule has 0 spiro atoms. The second-order valence-electron chi connectivity index (χ2n) is 5.01. The fourth-order valence-corrected chi connectivity index (χ4v) is 5.15. The molecule has 0 atom stereocenters. The van der Waals surface area contributed by atoms with Crippen molar-refractivity contribution >= 4 is 61.9 Å². The molecule has 3 nitrogen and oxygen atoms in total. The normalized spacial score (nSPS) is 11.0. The number of hydrogen-bond acceptors (Lipinski definition) is 6. The molecular weight excluding hydrogens is 378 g/mol. The number of rotatable bonds is 5. The minimum Gasteiger partial charge on any atom is -0.380 e. The second-order valence-corrected chi connectivity index (χ2v) is 9.06. The largest absolute Gasteiger partial charge is 0.380 e. The highest BCUT2D eigenvalue weighted by atomic mass is 35.5. The van der Waals surface area contributed by atoms with Crippen LogP contribution in [0.25, 0.3) is 10.2 Å². The minimum atomic E-state index is 0.578. The molecule has 0 saturated carbocycles. The first-order valence-electron chi connectivity index (χ1n) is 7.24. The number of nitrogens with zero attached hydrogens (tertiary/aromatic N) is 2. The third-order valence-electron chi connectivity index (χ3n) is 3.33. The summed E-state index contributed by atoms with van der Waals surface area (Å²) in [7, 11) is 0. The second kappa shape index (κ2) is 7.11. The molecule has 0 bridgehead atoms. The van der Waals surface area contributed by atoms with Gasteiger partial charge in [0, 0.05) is 21.7 Å². The third kappa shape index (κ3) is 3.72. The number of thiazole rings is 2. The highest BCUT2D eigenvalue weighted by Gasteiger charge is 2.05. The molecule has 0 aliphatic rings. The number of para-hydroxylation sites is 1. The SMILES string of the molecule is Clc1ncc(CNc2ccc(Sc3nc4ccccc4s3)cc2)s1. The Hall–Kier alpha value is -1.60. The van der Waals surface area contributed by atoms with E-state index in [1.807, 2.05) is 12.1 Å². The van der Waals surface area contributed by atoms with E-state index in [2.05, 4.69) is 51.7 Å². The Labute approximate surface area is 156 Å². The molecule has 4 aromatic rings. The maximum absolute atomic E-state index is 5.84. The quantitative estimate of drug-likeness (QED) is 0.443. The molecule has 1 N–H and O–H groups in total. The van der Waals surface area contributed by atoms with Crippen molar-refractivity contribution in [3.8, 4) is 0 Å². The van der Waals surface area contributed by atoms with Gasteiger partial charge in [0.25, 0.3) is 0 Å². The van der Waals surface area contributed by atoms with Gasteiger partial charge in [0.1, 0.15) is 0 Å².